The average molecular weight is 479 g/mol. The molecule has 0 spiro atoms. The number of thiophene rings is 1. The van der Waals surface area contributed by atoms with E-state index in [1.165, 1.54) is 23.5 Å². The Morgan fingerprint density at radius 1 is 1.15 bits per heavy atom. The molecular formula is C24H19FN4O2S2. The highest BCUT2D eigenvalue weighted by Crippen LogP contribution is 2.40. The van der Waals surface area contributed by atoms with Gasteiger partial charge in [0, 0.05) is 11.8 Å². The molecule has 1 aliphatic heterocycles. The minimum absolute atomic E-state index is 0.336. The highest BCUT2D eigenvalue weighted by atomic mass is 32.1. The lowest BCUT2D eigenvalue weighted by atomic mass is 9.94. The van der Waals surface area contributed by atoms with Gasteiger partial charge in [-0.3, -0.25) is 4.90 Å². The van der Waals surface area contributed by atoms with Crippen LogP contribution in [-0.4, -0.2) is 22.4 Å². The normalized spacial score (nSPS) is 16.2. The number of hydrogen-bond donors (Lipinski definition) is 1. The maximum absolute atomic E-state index is 14.1. The number of thiocarbonyl (C=S) groups is 1. The SMILES string of the molecule is COc1cccc(N2C(=S)NC(c3cccc(F)c3)C(c3nc(-c4cccs4)no3)=C2C)c1. The smallest absolute Gasteiger partial charge is 0.258 e. The second kappa shape index (κ2) is 8.76. The number of halogens is 1. The summed E-state index contributed by atoms with van der Waals surface area (Å²) in [5.41, 5.74) is 3.03. The standard InChI is InChI=1S/C24H19FN4O2S2/c1-14-20(23-27-22(28-31-23)19-10-5-11-33-19)21(15-6-3-7-16(25)12-15)26-24(32)29(14)17-8-4-9-18(13-17)30-2/h3-13,21H,1-2H3,(H,26,32). The molecule has 1 unspecified atom stereocenters. The number of benzene rings is 2. The van der Waals surface area contributed by atoms with Gasteiger partial charge in [0.1, 0.15) is 11.6 Å². The van der Waals surface area contributed by atoms with Gasteiger partial charge in [-0.2, -0.15) is 4.98 Å². The Morgan fingerprint density at radius 3 is 2.76 bits per heavy atom. The van der Waals surface area contributed by atoms with Crippen molar-refractivity contribution in [3.05, 3.63) is 89.0 Å². The lowest BCUT2D eigenvalue weighted by Crippen LogP contribution is -2.46. The van der Waals surface area contributed by atoms with Crippen LogP contribution in [0.1, 0.15) is 24.4 Å². The third-order valence-electron chi connectivity index (χ3n) is 5.38. The second-order valence-corrected chi connectivity index (χ2v) is 8.71. The highest BCUT2D eigenvalue weighted by Gasteiger charge is 2.35. The molecule has 0 amide bonds. The zero-order chi connectivity index (χ0) is 22.9. The molecule has 0 radical (unpaired) electrons. The van der Waals surface area contributed by atoms with E-state index in [1.54, 1.807) is 13.2 Å². The minimum atomic E-state index is -0.466. The lowest BCUT2D eigenvalue weighted by molar-refractivity contribution is 0.404. The van der Waals surface area contributed by atoms with Crippen LogP contribution >= 0.6 is 23.6 Å². The van der Waals surface area contributed by atoms with E-state index in [0.29, 0.717) is 33.7 Å². The Labute approximate surface area is 199 Å². The monoisotopic (exact) mass is 478 g/mol. The summed E-state index contributed by atoms with van der Waals surface area (Å²) in [5.74, 6) is 1.21. The van der Waals surface area contributed by atoms with E-state index in [0.717, 1.165) is 16.3 Å². The average Bonchev–Trinajstić information content (AvgIpc) is 3.51. The first kappa shape index (κ1) is 21.3. The van der Waals surface area contributed by atoms with Crippen LogP contribution in [-0.2, 0) is 0 Å². The zero-order valence-electron chi connectivity index (χ0n) is 17.8. The van der Waals surface area contributed by atoms with Gasteiger partial charge in [-0.1, -0.05) is 29.4 Å². The van der Waals surface area contributed by atoms with Crippen LogP contribution in [0.15, 0.2) is 76.3 Å². The molecule has 1 N–H and O–H groups in total. The van der Waals surface area contributed by atoms with Crippen molar-refractivity contribution in [2.24, 2.45) is 0 Å². The molecule has 4 aromatic rings. The van der Waals surface area contributed by atoms with Crippen molar-refractivity contribution in [1.82, 2.24) is 15.5 Å². The first-order valence-corrected chi connectivity index (χ1v) is 11.4. The van der Waals surface area contributed by atoms with E-state index >= 15 is 0 Å². The summed E-state index contributed by atoms with van der Waals surface area (Å²) in [6, 6.07) is 17.4. The van der Waals surface area contributed by atoms with Crippen molar-refractivity contribution in [1.29, 1.82) is 0 Å². The van der Waals surface area contributed by atoms with Crippen LogP contribution in [0.4, 0.5) is 10.1 Å². The van der Waals surface area contributed by atoms with Gasteiger partial charge in [-0.25, -0.2) is 4.39 Å². The van der Waals surface area contributed by atoms with Crippen molar-refractivity contribution >= 4 is 39.9 Å². The van der Waals surface area contributed by atoms with E-state index in [1.807, 2.05) is 59.7 Å². The predicted octanol–water partition coefficient (Wildman–Crippen LogP) is 5.81. The number of anilines is 1. The molecule has 0 aliphatic carbocycles. The van der Waals surface area contributed by atoms with Crippen LogP contribution in [0.3, 0.4) is 0 Å². The summed E-state index contributed by atoms with van der Waals surface area (Å²) < 4.78 is 25.2. The van der Waals surface area contributed by atoms with Gasteiger partial charge in [0.15, 0.2) is 5.11 Å². The summed E-state index contributed by atoms with van der Waals surface area (Å²) in [7, 11) is 1.62. The molecule has 2 aromatic carbocycles. The predicted molar refractivity (Wildman–Crippen MR) is 131 cm³/mol. The molecule has 33 heavy (non-hydrogen) atoms. The van der Waals surface area contributed by atoms with Gasteiger partial charge in [-0.05, 0) is 60.4 Å². The van der Waals surface area contributed by atoms with E-state index in [4.69, 9.17) is 21.5 Å². The fraction of sp³-hybridized carbons (Fsp3) is 0.125. The van der Waals surface area contributed by atoms with Gasteiger partial charge in [-0.15, -0.1) is 11.3 Å². The van der Waals surface area contributed by atoms with Crippen LogP contribution in [0.5, 0.6) is 5.75 Å². The Bertz CT molecular complexity index is 1350. The first-order valence-electron chi connectivity index (χ1n) is 10.1. The fourth-order valence-corrected chi connectivity index (χ4v) is 4.86. The topological polar surface area (TPSA) is 63.4 Å². The highest BCUT2D eigenvalue weighted by molar-refractivity contribution is 7.80. The number of allylic oxidation sites excluding steroid dienone is 1. The molecule has 0 saturated carbocycles. The number of aromatic nitrogens is 2. The van der Waals surface area contributed by atoms with Crippen molar-refractivity contribution in [2.45, 2.75) is 13.0 Å². The van der Waals surface area contributed by atoms with E-state index in [-0.39, 0.29) is 5.82 Å². The molecule has 0 fully saturated rings. The lowest BCUT2D eigenvalue weighted by Gasteiger charge is -2.37. The van der Waals surface area contributed by atoms with Crippen LogP contribution < -0.4 is 15.0 Å². The summed E-state index contributed by atoms with van der Waals surface area (Å²) in [4.78, 5) is 7.44. The number of methoxy groups -OCH3 is 1. The summed E-state index contributed by atoms with van der Waals surface area (Å²) in [6.07, 6.45) is 0. The maximum Gasteiger partial charge on any atom is 0.258 e. The Morgan fingerprint density at radius 2 is 2.00 bits per heavy atom. The molecule has 5 rings (SSSR count). The molecule has 0 bridgehead atoms. The first-order chi connectivity index (χ1) is 16.0. The summed E-state index contributed by atoms with van der Waals surface area (Å²) in [6.45, 7) is 1.93. The summed E-state index contributed by atoms with van der Waals surface area (Å²) in [5, 5.41) is 9.94. The third kappa shape index (κ3) is 4.01. The van der Waals surface area contributed by atoms with Gasteiger partial charge < -0.3 is 14.6 Å². The number of nitrogens with zero attached hydrogens (tertiary/aromatic N) is 3. The Hall–Kier alpha value is -3.56. The van der Waals surface area contributed by atoms with E-state index in [9.17, 15) is 4.39 Å². The molecule has 0 saturated heterocycles. The van der Waals surface area contributed by atoms with Crippen molar-refractivity contribution in [2.75, 3.05) is 12.0 Å². The van der Waals surface area contributed by atoms with Crippen molar-refractivity contribution in [3.63, 3.8) is 0 Å². The fourth-order valence-electron chi connectivity index (χ4n) is 3.86. The molecule has 6 nitrogen and oxygen atoms in total. The molecule has 2 aromatic heterocycles. The molecule has 166 valence electrons. The van der Waals surface area contributed by atoms with Crippen molar-refractivity contribution < 1.29 is 13.7 Å². The van der Waals surface area contributed by atoms with Crippen LogP contribution in [0.2, 0.25) is 0 Å². The number of nitrogens with one attached hydrogen (secondary N) is 1. The molecular weight excluding hydrogens is 459 g/mol. The summed E-state index contributed by atoms with van der Waals surface area (Å²) >= 11 is 7.26. The van der Waals surface area contributed by atoms with Gasteiger partial charge in [0.2, 0.25) is 5.82 Å². The number of hydrogen-bond acceptors (Lipinski definition) is 6. The Balaban J connectivity index is 1.67. The van der Waals surface area contributed by atoms with Gasteiger partial charge in [0.05, 0.1) is 29.3 Å². The minimum Gasteiger partial charge on any atom is -0.497 e. The third-order valence-corrected chi connectivity index (χ3v) is 6.54. The van der Waals surface area contributed by atoms with Crippen LogP contribution in [0.25, 0.3) is 16.3 Å². The van der Waals surface area contributed by atoms with Crippen molar-refractivity contribution in [3.8, 4) is 16.5 Å². The largest absolute Gasteiger partial charge is 0.497 e. The molecule has 3 heterocycles. The molecule has 1 atom stereocenters. The Kier molecular flexibility index (Phi) is 5.65. The van der Waals surface area contributed by atoms with E-state index < -0.39 is 6.04 Å². The number of rotatable bonds is 5. The zero-order valence-corrected chi connectivity index (χ0v) is 19.4. The van der Waals surface area contributed by atoms with Gasteiger partial charge >= 0.3 is 0 Å². The number of ether oxygens (including phenoxy) is 1. The maximum atomic E-state index is 14.1. The second-order valence-electron chi connectivity index (χ2n) is 7.37. The quantitative estimate of drug-likeness (QED) is 0.363. The molecule has 1 aliphatic rings. The van der Waals surface area contributed by atoms with E-state index in [2.05, 4.69) is 15.5 Å². The van der Waals surface area contributed by atoms with Crippen LogP contribution in [0, 0.1) is 5.82 Å². The van der Waals surface area contributed by atoms with Gasteiger partial charge in [0.25, 0.3) is 5.89 Å². The molecule has 9 heteroatoms.